The quantitative estimate of drug-likeness (QED) is 0.591. The highest BCUT2D eigenvalue weighted by Gasteiger charge is 2.30. The van der Waals surface area contributed by atoms with Crippen LogP contribution in [0, 0.1) is 5.92 Å². The van der Waals surface area contributed by atoms with E-state index in [1.807, 2.05) is 0 Å². The van der Waals surface area contributed by atoms with Crippen molar-refractivity contribution in [1.29, 1.82) is 0 Å². The lowest BCUT2D eigenvalue weighted by atomic mass is 9.91. The van der Waals surface area contributed by atoms with Crippen LogP contribution in [-0.4, -0.2) is 11.2 Å². The molecule has 1 heteroatoms. The van der Waals surface area contributed by atoms with Crippen LogP contribution in [0.5, 0.6) is 0 Å². The molecule has 0 spiro atoms. The first-order chi connectivity index (χ1) is 6.74. The summed E-state index contributed by atoms with van der Waals surface area (Å²) in [5, 5.41) is 0. The Kier molecular flexibility index (Phi) is 5.87. The van der Waals surface area contributed by atoms with Gasteiger partial charge in [-0.05, 0) is 52.4 Å². The Bertz CT molecular complexity index is 172. The summed E-state index contributed by atoms with van der Waals surface area (Å²) in [4.78, 5) is 0. The average molecular weight is 214 g/mol. The lowest BCUT2D eigenvalue weighted by Gasteiger charge is -2.38. The van der Waals surface area contributed by atoms with Gasteiger partial charge < -0.3 is 4.74 Å². The normalized spacial score (nSPS) is 16.8. The molecule has 0 aliphatic carbocycles. The Morgan fingerprint density at radius 1 is 1.00 bits per heavy atom. The molecule has 0 radical (unpaired) electrons. The predicted octanol–water partition coefficient (Wildman–Crippen LogP) is 4.80. The predicted molar refractivity (Wildman–Crippen MR) is 68.2 cm³/mol. The Balaban J connectivity index is 4.30. The number of hydrogen-bond donors (Lipinski definition) is 0. The highest BCUT2D eigenvalue weighted by atomic mass is 16.5. The molecule has 0 heterocycles. The van der Waals surface area contributed by atoms with Crippen LogP contribution in [0.25, 0.3) is 0 Å². The van der Waals surface area contributed by atoms with Crippen molar-refractivity contribution in [2.24, 2.45) is 5.92 Å². The van der Waals surface area contributed by atoms with Gasteiger partial charge in [-0.25, -0.2) is 0 Å². The average Bonchev–Trinajstić information content (AvgIpc) is 2.14. The molecule has 0 N–H and O–H groups in total. The molecule has 0 saturated carbocycles. The van der Waals surface area contributed by atoms with Gasteiger partial charge in [-0.2, -0.15) is 0 Å². The molecule has 0 aromatic carbocycles. The minimum absolute atomic E-state index is 0.0156. The van der Waals surface area contributed by atoms with Gasteiger partial charge in [0.2, 0.25) is 0 Å². The highest BCUT2D eigenvalue weighted by molar-refractivity contribution is 4.79. The zero-order chi connectivity index (χ0) is 12.1. The monoisotopic (exact) mass is 214 g/mol. The maximum Gasteiger partial charge on any atom is 0.0659 e. The molecule has 0 aromatic rings. The smallest absolute Gasteiger partial charge is 0.0659 e. The van der Waals surface area contributed by atoms with E-state index in [9.17, 15) is 0 Å². The standard InChI is InChI=1S/C14H30O/c1-8-13(5,6)15-14(7,9-2)11-10-12(3)4/h12H,8-11H2,1-7H3. The fourth-order valence-corrected chi connectivity index (χ4v) is 1.63. The molecule has 15 heavy (non-hydrogen) atoms. The molecule has 0 aromatic heterocycles. The molecule has 0 bridgehead atoms. The molecule has 0 rings (SSSR count). The topological polar surface area (TPSA) is 9.23 Å². The summed E-state index contributed by atoms with van der Waals surface area (Å²) in [6, 6.07) is 0. The first-order valence-corrected chi connectivity index (χ1v) is 6.45. The minimum atomic E-state index is 0.0156. The summed E-state index contributed by atoms with van der Waals surface area (Å²) in [6.45, 7) is 15.6. The third kappa shape index (κ3) is 6.19. The van der Waals surface area contributed by atoms with Crippen molar-refractivity contribution < 1.29 is 4.74 Å². The fraction of sp³-hybridized carbons (Fsp3) is 1.00. The Labute approximate surface area is 96.6 Å². The lowest BCUT2D eigenvalue weighted by molar-refractivity contribution is -0.139. The lowest BCUT2D eigenvalue weighted by Crippen LogP contribution is -2.38. The van der Waals surface area contributed by atoms with Crippen LogP contribution in [0.4, 0.5) is 0 Å². The Hall–Kier alpha value is -0.0400. The molecule has 0 fully saturated rings. The molecule has 1 atom stereocenters. The minimum Gasteiger partial charge on any atom is -0.369 e. The van der Waals surface area contributed by atoms with Crippen LogP contribution in [-0.2, 0) is 4.74 Å². The van der Waals surface area contributed by atoms with Gasteiger partial charge in [-0.1, -0.05) is 27.7 Å². The molecule has 0 aliphatic rings. The van der Waals surface area contributed by atoms with Gasteiger partial charge in [0.1, 0.15) is 0 Å². The van der Waals surface area contributed by atoms with E-state index in [0.29, 0.717) is 0 Å². The van der Waals surface area contributed by atoms with E-state index in [4.69, 9.17) is 4.74 Å². The zero-order valence-electron chi connectivity index (χ0n) is 11.8. The molecular weight excluding hydrogens is 184 g/mol. The highest BCUT2D eigenvalue weighted by Crippen LogP contribution is 2.30. The van der Waals surface area contributed by atoms with Crippen LogP contribution < -0.4 is 0 Å². The summed E-state index contributed by atoms with van der Waals surface area (Å²) in [6.07, 6.45) is 4.60. The molecular formula is C14H30O. The summed E-state index contributed by atoms with van der Waals surface area (Å²) in [5.74, 6) is 0.768. The summed E-state index contributed by atoms with van der Waals surface area (Å²) < 4.78 is 6.27. The van der Waals surface area contributed by atoms with Crippen molar-refractivity contribution in [3.8, 4) is 0 Å². The van der Waals surface area contributed by atoms with E-state index < -0.39 is 0 Å². The third-order valence-electron chi connectivity index (χ3n) is 3.37. The van der Waals surface area contributed by atoms with E-state index in [1.54, 1.807) is 0 Å². The van der Waals surface area contributed by atoms with E-state index in [0.717, 1.165) is 18.8 Å². The van der Waals surface area contributed by atoms with Crippen LogP contribution in [0.2, 0.25) is 0 Å². The molecule has 1 nitrogen and oxygen atoms in total. The van der Waals surface area contributed by atoms with Crippen molar-refractivity contribution in [3.63, 3.8) is 0 Å². The molecule has 92 valence electrons. The molecule has 1 unspecified atom stereocenters. The maximum absolute atomic E-state index is 6.27. The Morgan fingerprint density at radius 2 is 1.53 bits per heavy atom. The van der Waals surface area contributed by atoms with Gasteiger partial charge in [0, 0.05) is 0 Å². The van der Waals surface area contributed by atoms with Gasteiger partial charge in [0.05, 0.1) is 11.2 Å². The Morgan fingerprint density at radius 3 is 1.87 bits per heavy atom. The number of hydrogen-bond acceptors (Lipinski definition) is 1. The van der Waals surface area contributed by atoms with Crippen molar-refractivity contribution in [1.82, 2.24) is 0 Å². The van der Waals surface area contributed by atoms with E-state index >= 15 is 0 Å². The zero-order valence-corrected chi connectivity index (χ0v) is 11.8. The number of ether oxygens (including phenoxy) is 1. The molecule has 0 aliphatic heterocycles. The second kappa shape index (κ2) is 5.89. The van der Waals surface area contributed by atoms with Crippen molar-refractivity contribution in [3.05, 3.63) is 0 Å². The van der Waals surface area contributed by atoms with Gasteiger partial charge >= 0.3 is 0 Å². The van der Waals surface area contributed by atoms with E-state index in [-0.39, 0.29) is 11.2 Å². The molecule has 0 amide bonds. The molecule has 0 saturated heterocycles. The van der Waals surface area contributed by atoms with Crippen LogP contribution in [0.1, 0.15) is 74.1 Å². The van der Waals surface area contributed by atoms with Gasteiger partial charge in [-0.3, -0.25) is 0 Å². The summed E-state index contributed by atoms with van der Waals surface area (Å²) >= 11 is 0. The van der Waals surface area contributed by atoms with Crippen molar-refractivity contribution in [2.75, 3.05) is 0 Å². The van der Waals surface area contributed by atoms with Gasteiger partial charge in [0.25, 0.3) is 0 Å². The SMILES string of the molecule is CCC(C)(C)OC(C)(CC)CCC(C)C. The van der Waals surface area contributed by atoms with Crippen molar-refractivity contribution >= 4 is 0 Å². The maximum atomic E-state index is 6.27. The first kappa shape index (κ1) is 15.0. The largest absolute Gasteiger partial charge is 0.369 e. The second-order valence-corrected chi connectivity index (χ2v) is 5.95. The van der Waals surface area contributed by atoms with Crippen LogP contribution in [0.15, 0.2) is 0 Å². The van der Waals surface area contributed by atoms with Crippen LogP contribution >= 0.6 is 0 Å². The van der Waals surface area contributed by atoms with E-state index in [1.165, 1.54) is 12.8 Å². The van der Waals surface area contributed by atoms with Crippen LogP contribution in [0.3, 0.4) is 0 Å². The second-order valence-electron chi connectivity index (χ2n) is 5.95. The summed E-state index contributed by atoms with van der Waals surface area (Å²) in [7, 11) is 0. The van der Waals surface area contributed by atoms with Gasteiger partial charge in [0.15, 0.2) is 0 Å². The van der Waals surface area contributed by atoms with E-state index in [2.05, 4.69) is 48.5 Å². The summed E-state index contributed by atoms with van der Waals surface area (Å²) in [5.41, 5.74) is 0.0749. The van der Waals surface area contributed by atoms with Gasteiger partial charge in [-0.15, -0.1) is 0 Å². The fourth-order valence-electron chi connectivity index (χ4n) is 1.63. The third-order valence-corrected chi connectivity index (χ3v) is 3.37. The number of rotatable bonds is 7. The first-order valence-electron chi connectivity index (χ1n) is 6.45. The van der Waals surface area contributed by atoms with Crippen molar-refractivity contribution in [2.45, 2.75) is 85.4 Å².